The SMILES string of the molecule is CCCC(C)c1[nH]nc(N)c1-c1cccc(OC)c1. The molecule has 0 saturated carbocycles. The van der Waals surface area contributed by atoms with Crippen molar-refractivity contribution in [1.82, 2.24) is 10.2 Å². The van der Waals surface area contributed by atoms with Gasteiger partial charge in [0.25, 0.3) is 0 Å². The van der Waals surface area contributed by atoms with E-state index in [9.17, 15) is 0 Å². The summed E-state index contributed by atoms with van der Waals surface area (Å²) in [5.74, 6) is 1.79. The molecule has 0 radical (unpaired) electrons. The Labute approximate surface area is 114 Å². The molecule has 0 saturated heterocycles. The quantitative estimate of drug-likeness (QED) is 0.862. The molecule has 0 amide bonds. The van der Waals surface area contributed by atoms with Gasteiger partial charge in [-0.3, -0.25) is 5.10 Å². The van der Waals surface area contributed by atoms with Gasteiger partial charge in [0.2, 0.25) is 0 Å². The van der Waals surface area contributed by atoms with Crippen LogP contribution in [0.1, 0.15) is 38.3 Å². The van der Waals surface area contributed by atoms with E-state index in [0.29, 0.717) is 11.7 Å². The zero-order valence-corrected chi connectivity index (χ0v) is 11.7. The maximum Gasteiger partial charge on any atom is 0.153 e. The molecule has 2 rings (SSSR count). The molecule has 1 atom stereocenters. The molecule has 2 aromatic rings. The Hall–Kier alpha value is -1.97. The lowest BCUT2D eigenvalue weighted by Gasteiger charge is -2.12. The number of ether oxygens (including phenoxy) is 1. The van der Waals surface area contributed by atoms with Crippen molar-refractivity contribution in [2.24, 2.45) is 0 Å². The number of H-pyrrole nitrogens is 1. The molecule has 1 heterocycles. The third-order valence-electron chi connectivity index (χ3n) is 3.40. The smallest absolute Gasteiger partial charge is 0.153 e. The fourth-order valence-electron chi connectivity index (χ4n) is 2.39. The minimum atomic E-state index is 0.413. The molecule has 0 bridgehead atoms. The van der Waals surface area contributed by atoms with Crippen LogP contribution in [0.15, 0.2) is 24.3 Å². The molecular weight excluding hydrogens is 238 g/mol. The Kier molecular flexibility index (Phi) is 4.10. The first-order valence-electron chi connectivity index (χ1n) is 6.65. The number of nitrogens with one attached hydrogen (secondary N) is 1. The fourth-order valence-corrected chi connectivity index (χ4v) is 2.39. The van der Waals surface area contributed by atoms with E-state index < -0.39 is 0 Å². The minimum absolute atomic E-state index is 0.413. The number of methoxy groups -OCH3 is 1. The van der Waals surface area contributed by atoms with Crippen molar-refractivity contribution in [3.63, 3.8) is 0 Å². The van der Waals surface area contributed by atoms with E-state index >= 15 is 0 Å². The minimum Gasteiger partial charge on any atom is -0.497 e. The monoisotopic (exact) mass is 259 g/mol. The molecule has 4 heteroatoms. The molecule has 102 valence electrons. The predicted molar refractivity (Wildman–Crippen MR) is 78.3 cm³/mol. The molecule has 0 aliphatic heterocycles. The van der Waals surface area contributed by atoms with Gasteiger partial charge in [0, 0.05) is 11.3 Å². The molecule has 1 unspecified atom stereocenters. The number of nitrogens with two attached hydrogens (primary N) is 1. The van der Waals surface area contributed by atoms with Crippen molar-refractivity contribution in [3.05, 3.63) is 30.0 Å². The van der Waals surface area contributed by atoms with Gasteiger partial charge in [-0.1, -0.05) is 32.4 Å². The number of anilines is 1. The van der Waals surface area contributed by atoms with E-state index in [4.69, 9.17) is 10.5 Å². The number of nitrogen functional groups attached to an aromatic ring is 1. The second-order valence-electron chi connectivity index (χ2n) is 4.82. The summed E-state index contributed by atoms with van der Waals surface area (Å²) >= 11 is 0. The van der Waals surface area contributed by atoms with Crippen molar-refractivity contribution in [3.8, 4) is 16.9 Å². The normalized spacial score (nSPS) is 12.4. The second-order valence-corrected chi connectivity index (χ2v) is 4.82. The number of aromatic amines is 1. The first-order chi connectivity index (χ1) is 9.17. The van der Waals surface area contributed by atoms with Crippen LogP contribution in [0, 0.1) is 0 Å². The van der Waals surface area contributed by atoms with Crippen molar-refractivity contribution in [2.45, 2.75) is 32.6 Å². The molecule has 3 N–H and O–H groups in total. The highest BCUT2D eigenvalue weighted by Crippen LogP contribution is 2.35. The standard InChI is InChI=1S/C15H21N3O/c1-4-6-10(2)14-13(15(16)18-17-14)11-7-5-8-12(9-11)19-3/h5,7-10H,4,6H2,1-3H3,(H3,16,17,18). The lowest BCUT2D eigenvalue weighted by atomic mass is 9.95. The molecule has 0 spiro atoms. The zero-order chi connectivity index (χ0) is 13.8. The maximum atomic E-state index is 6.02. The van der Waals surface area contributed by atoms with Gasteiger partial charge in [0.05, 0.1) is 7.11 Å². The molecular formula is C15H21N3O. The highest BCUT2D eigenvalue weighted by atomic mass is 16.5. The molecule has 1 aromatic heterocycles. The van der Waals surface area contributed by atoms with Gasteiger partial charge in [-0.2, -0.15) is 5.10 Å². The number of rotatable bonds is 5. The van der Waals surface area contributed by atoms with Gasteiger partial charge in [-0.25, -0.2) is 0 Å². The van der Waals surface area contributed by atoms with Crippen molar-refractivity contribution < 1.29 is 4.74 Å². The maximum absolute atomic E-state index is 6.02. The van der Waals surface area contributed by atoms with Crippen molar-refractivity contribution in [1.29, 1.82) is 0 Å². The third-order valence-corrected chi connectivity index (χ3v) is 3.40. The number of hydrogen-bond acceptors (Lipinski definition) is 3. The summed E-state index contributed by atoms with van der Waals surface area (Å²) in [5, 5.41) is 7.24. The van der Waals surface area contributed by atoms with E-state index in [0.717, 1.165) is 35.4 Å². The van der Waals surface area contributed by atoms with E-state index in [2.05, 4.69) is 24.0 Å². The van der Waals surface area contributed by atoms with Crippen LogP contribution in [0.25, 0.3) is 11.1 Å². The summed E-state index contributed by atoms with van der Waals surface area (Å²) in [7, 11) is 1.67. The van der Waals surface area contributed by atoms with Gasteiger partial charge >= 0.3 is 0 Å². The predicted octanol–water partition coefficient (Wildman–Crippen LogP) is 3.57. The van der Waals surface area contributed by atoms with Crippen LogP contribution in [0.4, 0.5) is 5.82 Å². The first kappa shape index (κ1) is 13.5. The highest BCUT2D eigenvalue weighted by Gasteiger charge is 2.18. The third kappa shape index (κ3) is 2.72. The highest BCUT2D eigenvalue weighted by molar-refractivity contribution is 5.77. The summed E-state index contributed by atoms with van der Waals surface area (Å²) in [4.78, 5) is 0. The van der Waals surface area contributed by atoms with Crippen LogP contribution in [-0.4, -0.2) is 17.3 Å². The number of nitrogens with zero attached hydrogens (tertiary/aromatic N) is 1. The van der Waals surface area contributed by atoms with Crippen molar-refractivity contribution >= 4 is 5.82 Å². The average molecular weight is 259 g/mol. The summed E-state index contributed by atoms with van der Waals surface area (Å²) in [6.07, 6.45) is 2.25. The Morgan fingerprint density at radius 2 is 2.21 bits per heavy atom. The summed E-state index contributed by atoms with van der Waals surface area (Å²) in [6, 6.07) is 7.92. The van der Waals surface area contributed by atoms with E-state index in [1.807, 2.05) is 24.3 Å². The Morgan fingerprint density at radius 1 is 1.42 bits per heavy atom. The molecule has 0 aliphatic rings. The second kappa shape index (κ2) is 5.78. The number of hydrogen-bond donors (Lipinski definition) is 2. The zero-order valence-electron chi connectivity index (χ0n) is 11.7. The largest absolute Gasteiger partial charge is 0.497 e. The summed E-state index contributed by atoms with van der Waals surface area (Å²) in [6.45, 7) is 4.38. The topological polar surface area (TPSA) is 63.9 Å². The molecule has 4 nitrogen and oxygen atoms in total. The molecule has 19 heavy (non-hydrogen) atoms. The van der Waals surface area contributed by atoms with Crippen molar-refractivity contribution in [2.75, 3.05) is 12.8 Å². The van der Waals surface area contributed by atoms with Crippen LogP contribution in [0.2, 0.25) is 0 Å². The number of aromatic nitrogens is 2. The van der Waals surface area contributed by atoms with Crippen LogP contribution < -0.4 is 10.5 Å². The van der Waals surface area contributed by atoms with Gasteiger partial charge < -0.3 is 10.5 Å². The fraction of sp³-hybridized carbons (Fsp3) is 0.400. The van der Waals surface area contributed by atoms with Gasteiger partial charge in [-0.05, 0) is 30.0 Å². The summed E-state index contributed by atoms with van der Waals surface area (Å²) < 4.78 is 5.27. The van der Waals surface area contributed by atoms with Crippen LogP contribution in [-0.2, 0) is 0 Å². The van der Waals surface area contributed by atoms with Gasteiger partial charge in [0.1, 0.15) is 5.75 Å². The first-order valence-corrected chi connectivity index (χ1v) is 6.65. The summed E-state index contributed by atoms with van der Waals surface area (Å²) in [5.41, 5.74) is 9.16. The number of benzene rings is 1. The van der Waals surface area contributed by atoms with Crippen LogP contribution in [0.5, 0.6) is 5.75 Å². The lowest BCUT2D eigenvalue weighted by Crippen LogP contribution is -1.97. The molecule has 1 aromatic carbocycles. The lowest BCUT2D eigenvalue weighted by molar-refractivity contribution is 0.415. The van der Waals surface area contributed by atoms with Crippen LogP contribution >= 0.6 is 0 Å². The van der Waals surface area contributed by atoms with E-state index in [-0.39, 0.29) is 0 Å². The van der Waals surface area contributed by atoms with E-state index in [1.165, 1.54) is 0 Å². The molecule has 0 fully saturated rings. The average Bonchev–Trinajstić information content (AvgIpc) is 2.81. The Bertz CT molecular complexity index is 548. The van der Waals surface area contributed by atoms with E-state index in [1.54, 1.807) is 7.11 Å². The molecule has 0 aliphatic carbocycles. The Morgan fingerprint density at radius 3 is 2.89 bits per heavy atom. The van der Waals surface area contributed by atoms with Gasteiger partial charge in [-0.15, -0.1) is 0 Å². The van der Waals surface area contributed by atoms with Gasteiger partial charge in [0.15, 0.2) is 5.82 Å². The Balaban J connectivity index is 2.45. The van der Waals surface area contributed by atoms with Crippen LogP contribution in [0.3, 0.4) is 0 Å².